The van der Waals surface area contributed by atoms with Gasteiger partial charge in [0, 0.05) is 16.5 Å². The summed E-state index contributed by atoms with van der Waals surface area (Å²) >= 11 is 0. The van der Waals surface area contributed by atoms with Crippen molar-refractivity contribution in [3.63, 3.8) is 0 Å². The van der Waals surface area contributed by atoms with E-state index >= 15 is 0 Å². The van der Waals surface area contributed by atoms with Crippen molar-refractivity contribution < 1.29 is 9.15 Å². The summed E-state index contributed by atoms with van der Waals surface area (Å²) in [6, 6.07) is 43.9. The van der Waals surface area contributed by atoms with Gasteiger partial charge >= 0.3 is 5.91 Å². The lowest BCUT2D eigenvalue weighted by Crippen LogP contribution is -2.38. The molecule has 5 aromatic rings. The van der Waals surface area contributed by atoms with Crippen molar-refractivity contribution in [1.82, 2.24) is 0 Å². The number of fused-ring (bicyclic) bond motifs is 4. The lowest BCUT2D eigenvalue weighted by atomic mass is 9.92. The number of benzene rings is 5. The fraction of sp³-hybridized carbons (Fsp3) is 0.231. The molecule has 5 aromatic carbocycles. The van der Waals surface area contributed by atoms with Crippen LogP contribution in [0, 0.1) is 0 Å². The highest BCUT2D eigenvalue weighted by atomic mass is 31.2. The molecule has 2 aliphatic heterocycles. The van der Waals surface area contributed by atoms with Crippen LogP contribution in [-0.2, 0) is 0 Å². The number of rotatable bonds is 5. The van der Waals surface area contributed by atoms with Gasteiger partial charge in [-0.2, -0.15) is 0 Å². The Morgan fingerprint density at radius 3 is 1.67 bits per heavy atom. The lowest BCUT2D eigenvalue weighted by molar-refractivity contribution is -0.694. The molecule has 0 amide bonds. The lowest BCUT2D eigenvalue weighted by Gasteiger charge is -2.23. The largest absolute Gasteiger partial charge is 0.449 e. The van der Waals surface area contributed by atoms with Crippen molar-refractivity contribution in [2.45, 2.75) is 45.4 Å². The van der Waals surface area contributed by atoms with Gasteiger partial charge in [-0.05, 0) is 53.6 Å². The average Bonchev–Trinajstić information content (AvgIpc) is 3.67. The smallest absolute Gasteiger partial charge is 0.124 e. The van der Waals surface area contributed by atoms with Gasteiger partial charge in [0.05, 0.1) is 11.1 Å². The maximum atomic E-state index is 2.86. The predicted molar refractivity (Wildman–Crippen MR) is 180 cm³/mol. The first kappa shape index (κ1) is 25.8. The summed E-state index contributed by atoms with van der Waals surface area (Å²) in [4.78, 5) is 0. The molecule has 42 heavy (non-hydrogen) atoms. The first-order valence-corrected chi connectivity index (χ1v) is 17.5. The summed E-state index contributed by atoms with van der Waals surface area (Å²) < 4.78 is 5.68. The normalized spacial score (nSPS) is 18.5. The molecule has 3 heteroatoms. The van der Waals surface area contributed by atoms with E-state index in [0.717, 1.165) is 6.54 Å². The topological polar surface area (TPSA) is 6.02 Å². The van der Waals surface area contributed by atoms with Crippen LogP contribution in [0.5, 0.6) is 0 Å². The van der Waals surface area contributed by atoms with Crippen LogP contribution in [0.25, 0.3) is 10.8 Å². The van der Waals surface area contributed by atoms with Crippen LogP contribution < -0.4 is 10.6 Å². The SMILES string of the molecule is CC(C)c1cccc(C(C)C)c1[N+]1=C2C(=[N+]3CC[P+](c4ccccc4)(c4ccccc4)C31)c1cccc3cccc2c13. The van der Waals surface area contributed by atoms with Gasteiger partial charge in [0.2, 0.25) is 12.9 Å². The van der Waals surface area contributed by atoms with Gasteiger partial charge in [-0.15, -0.1) is 4.58 Å². The molecule has 0 bridgehead atoms. The van der Waals surface area contributed by atoms with E-state index in [2.05, 4.69) is 152 Å². The van der Waals surface area contributed by atoms with Gasteiger partial charge in [-0.25, -0.2) is 0 Å². The third-order valence-electron chi connectivity index (χ3n) is 9.78. The monoisotopic (exact) mass is 565 g/mol. The standard InChI is InChI=1S/C39H38N2P/c1-26(2)31-20-13-21-32(27(3)4)36(31)41-38-34-23-12-15-28-14-11-22-33(35(28)34)37(38)40-24-25-42(39(40)41,29-16-7-5-8-17-29)30-18-9-6-10-19-30/h5-23,26-27,39H,24-25H2,1-4H3/q+3. The van der Waals surface area contributed by atoms with E-state index in [1.165, 1.54) is 66.9 Å². The van der Waals surface area contributed by atoms with Crippen LogP contribution in [-0.4, -0.2) is 39.2 Å². The van der Waals surface area contributed by atoms with Gasteiger partial charge in [0.25, 0.3) is 11.4 Å². The van der Waals surface area contributed by atoms with E-state index in [0.29, 0.717) is 11.8 Å². The number of hydrogen-bond acceptors (Lipinski definition) is 0. The van der Waals surface area contributed by atoms with E-state index in [1.54, 1.807) is 0 Å². The fourth-order valence-corrected chi connectivity index (χ4v) is 12.9. The van der Waals surface area contributed by atoms with E-state index in [9.17, 15) is 0 Å². The first-order chi connectivity index (χ1) is 20.5. The highest BCUT2D eigenvalue weighted by Crippen LogP contribution is 2.67. The van der Waals surface area contributed by atoms with Crippen LogP contribution >= 0.6 is 7.26 Å². The molecule has 0 saturated carbocycles. The zero-order valence-corrected chi connectivity index (χ0v) is 25.9. The van der Waals surface area contributed by atoms with Crippen LogP contribution in [0.2, 0.25) is 0 Å². The van der Waals surface area contributed by atoms with E-state index < -0.39 is 7.26 Å². The molecular formula is C39H38N2P+3. The third kappa shape index (κ3) is 3.42. The first-order valence-electron chi connectivity index (χ1n) is 15.5. The fourth-order valence-electron chi connectivity index (χ4n) is 8.02. The van der Waals surface area contributed by atoms with Gasteiger partial charge in [-0.3, -0.25) is 0 Å². The van der Waals surface area contributed by atoms with Crippen molar-refractivity contribution in [2.24, 2.45) is 0 Å². The minimum absolute atomic E-state index is 0.230. The molecule has 0 radical (unpaired) electrons. The Hall–Kier alpha value is -3.87. The van der Waals surface area contributed by atoms with Crippen molar-refractivity contribution >= 4 is 45.8 Å². The molecule has 0 N–H and O–H groups in total. The van der Waals surface area contributed by atoms with Crippen molar-refractivity contribution in [2.75, 3.05) is 12.7 Å². The Balaban J connectivity index is 1.55. The van der Waals surface area contributed by atoms with Crippen LogP contribution in [0.4, 0.5) is 5.69 Å². The van der Waals surface area contributed by atoms with Crippen LogP contribution in [0.1, 0.15) is 61.8 Å². The maximum Gasteiger partial charge on any atom is 0.449 e. The average molecular weight is 566 g/mol. The molecular weight excluding hydrogens is 527 g/mol. The van der Waals surface area contributed by atoms with Gasteiger partial charge in [0.15, 0.2) is 6.54 Å². The summed E-state index contributed by atoms with van der Waals surface area (Å²) in [5, 5.41) is 5.77. The van der Waals surface area contributed by atoms with E-state index in [1.807, 2.05) is 0 Å². The second kappa shape index (κ2) is 9.58. The van der Waals surface area contributed by atoms with Crippen molar-refractivity contribution in [3.8, 4) is 0 Å². The maximum absolute atomic E-state index is 2.86. The van der Waals surface area contributed by atoms with Gasteiger partial charge < -0.3 is 0 Å². The second-order valence-corrected chi connectivity index (χ2v) is 16.4. The predicted octanol–water partition coefficient (Wildman–Crippen LogP) is 8.01. The van der Waals surface area contributed by atoms with Crippen LogP contribution in [0.3, 0.4) is 0 Å². The summed E-state index contributed by atoms with van der Waals surface area (Å²) in [6.07, 6.45) is 1.17. The minimum atomic E-state index is -1.91. The Kier molecular flexibility index (Phi) is 5.89. The summed E-state index contributed by atoms with van der Waals surface area (Å²) in [5.41, 5.74) is 9.98. The molecule has 1 fully saturated rings. The molecule has 1 aliphatic carbocycles. The minimum Gasteiger partial charge on any atom is -0.124 e. The highest BCUT2D eigenvalue weighted by molar-refractivity contribution is 7.90. The number of para-hydroxylation sites is 1. The Morgan fingerprint density at radius 2 is 1.12 bits per heavy atom. The van der Waals surface area contributed by atoms with Gasteiger partial charge in [-0.1, -0.05) is 111 Å². The summed E-state index contributed by atoms with van der Waals surface area (Å²) in [5.74, 6) is 1.06. The summed E-state index contributed by atoms with van der Waals surface area (Å²) in [7, 11) is -1.91. The molecule has 1 atom stereocenters. The molecule has 206 valence electrons. The van der Waals surface area contributed by atoms with Crippen molar-refractivity contribution in [1.29, 1.82) is 0 Å². The third-order valence-corrected chi connectivity index (χ3v) is 14.4. The zero-order valence-electron chi connectivity index (χ0n) is 25.0. The quantitative estimate of drug-likeness (QED) is 0.150. The number of hydrogen-bond donors (Lipinski definition) is 0. The second-order valence-electron chi connectivity index (χ2n) is 12.7. The molecule has 8 rings (SSSR count). The number of nitrogens with zero attached hydrogens (tertiary/aromatic N) is 2. The van der Waals surface area contributed by atoms with E-state index in [-0.39, 0.29) is 5.91 Å². The molecule has 1 saturated heterocycles. The zero-order chi connectivity index (χ0) is 28.6. The Morgan fingerprint density at radius 1 is 0.595 bits per heavy atom. The van der Waals surface area contributed by atoms with Crippen LogP contribution in [0.15, 0.2) is 115 Å². The Labute approximate surface area is 250 Å². The summed E-state index contributed by atoms with van der Waals surface area (Å²) in [6.45, 7) is 10.5. The highest BCUT2D eigenvalue weighted by Gasteiger charge is 2.74. The molecule has 0 spiro atoms. The van der Waals surface area contributed by atoms with Gasteiger partial charge in [0.1, 0.15) is 16.8 Å². The molecule has 0 aromatic heterocycles. The molecule has 2 nitrogen and oxygen atoms in total. The molecule has 2 heterocycles. The Bertz CT molecular complexity index is 1860. The van der Waals surface area contributed by atoms with E-state index in [4.69, 9.17) is 0 Å². The molecule has 1 unspecified atom stereocenters. The molecule has 3 aliphatic rings. The van der Waals surface area contributed by atoms with Crippen molar-refractivity contribution in [3.05, 3.63) is 138 Å².